The van der Waals surface area contributed by atoms with Crippen LogP contribution < -0.4 is 10.6 Å². The van der Waals surface area contributed by atoms with Crippen LogP contribution in [-0.4, -0.2) is 17.9 Å². The van der Waals surface area contributed by atoms with Crippen LogP contribution in [0.5, 0.6) is 0 Å². The molecular formula is C14H19ClN2O2. The molecule has 1 rings (SSSR count). The second kappa shape index (κ2) is 6.06. The highest BCUT2D eigenvalue weighted by atomic mass is 35.5. The first kappa shape index (κ1) is 15.5. The van der Waals surface area contributed by atoms with Gasteiger partial charge in [-0.15, -0.1) is 0 Å². The van der Waals surface area contributed by atoms with Crippen molar-refractivity contribution in [2.75, 3.05) is 5.32 Å². The third-order valence-electron chi connectivity index (χ3n) is 2.55. The van der Waals surface area contributed by atoms with E-state index in [9.17, 15) is 9.59 Å². The maximum Gasteiger partial charge on any atom is 0.246 e. The lowest BCUT2D eigenvalue weighted by Crippen LogP contribution is -2.46. The van der Waals surface area contributed by atoms with Gasteiger partial charge in [-0.25, -0.2) is 0 Å². The van der Waals surface area contributed by atoms with Crippen LogP contribution in [0.2, 0.25) is 5.02 Å². The minimum absolute atomic E-state index is 0.172. The van der Waals surface area contributed by atoms with E-state index in [1.165, 1.54) is 0 Å². The Hall–Kier alpha value is -1.55. The molecule has 1 aromatic rings. The van der Waals surface area contributed by atoms with Gasteiger partial charge < -0.3 is 10.6 Å². The van der Waals surface area contributed by atoms with E-state index >= 15 is 0 Å². The number of carbonyl (C=O) groups is 2. The van der Waals surface area contributed by atoms with Crippen LogP contribution in [0.15, 0.2) is 24.3 Å². The van der Waals surface area contributed by atoms with Gasteiger partial charge >= 0.3 is 0 Å². The number of halogens is 1. The van der Waals surface area contributed by atoms with E-state index in [2.05, 4.69) is 10.6 Å². The number of anilines is 1. The predicted molar refractivity (Wildman–Crippen MR) is 77.1 cm³/mol. The molecule has 0 fully saturated rings. The molecule has 0 spiro atoms. The summed E-state index contributed by atoms with van der Waals surface area (Å²) < 4.78 is 0. The molecule has 104 valence electrons. The van der Waals surface area contributed by atoms with Gasteiger partial charge in [-0.05, 0) is 19.1 Å². The minimum Gasteiger partial charge on any atom is -0.344 e. The predicted octanol–water partition coefficient (Wildman–Crippen LogP) is 2.83. The summed E-state index contributed by atoms with van der Waals surface area (Å²) >= 11 is 5.95. The number of benzene rings is 1. The number of hydrogen-bond donors (Lipinski definition) is 2. The summed E-state index contributed by atoms with van der Waals surface area (Å²) in [4.78, 5) is 23.7. The topological polar surface area (TPSA) is 58.2 Å². The van der Waals surface area contributed by atoms with Crippen LogP contribution >= 0.6 is 11.6 Å². The largest absolute Gasteiger partial charge is 0.344 e. The Labute approximate surface area is 118 Å². The van der Waals surface area contributed by atoms with Crippen LogP contribution in [0.4, 0.5) is 5.69 Å². The maximum atomic E-state index is 11.9. The van der Waals surface area contributed by atoms with Gasteiger partial charge in [0.2, 0.25) is 11.8 Å². The summed E-state index contributed by atoms with van der Waals surface area (Å²) in [6.45, 7) is 7.01. The summed E-state index contributed by atoms with van der Waals surface area (Å²) in [5.41, 5.74) is 0.00452. The Bertz CT molecular complexity index is 481. The zero-order valence-corrected chi connectivity index (χ0v) is 12.3. The number of hydrogen-bond acceptors (Lipinski definition) is 2. The number of rotatable bonds is 3. The van der Waals surface area contributed by atoms with Gasteiger partial charge in [0, 0.05) is 5.41 Å². The van der Waals surface area contributed by atoms with E-state index in [1.54, 1.807) is 52.0 Å². The van der Waals surface area contributed by atoms with Gasteiger partial charge in [-0.1, -0.05) is 44.5 Å². The highest BCUT2D eigenvalue weighted by Crippen LogP contribution is 2.20. The summed E-state index contributed by atoms with van der Waals surface area (Å²) in [7, 11) is 0. The fourth-order valence-corrected chi connectivity index (χ4v) is 1.47. The number of carbonyl (C=O) groups excluding carboxylic acids is 2. The van der Waals surface area contributed by atoms with Crippen molar-refractivity contribution in [3.8, 4) is 0 Å². The summed E-state index contributed by atoms with van der Waals surface area (Å²) in [5, 5.41) is 5.81. The molecule has 2 N–H and O–H groups in total. The smallest absolute Gasteiger partial charge is 0.246 e. The normalized spacial score (nSPS) is 12.7. The highest BCUT2D eigenvalue weighted by molar-refractivity contribution is 6.33. The van der Waals surface area contributed by atoms with Gasteiger partial charge in [-0.3, -0.25) is 9.59 Å². The Balaban J connectivity index is 2.64. The Morgan fingerprint density at radius 1 is 1.21 bits per heavy atom. The first-order valence-corrected chi connectivity index (χ1v) is 6.46. The molecule has 0 saturated carbocycles. The number of amides is 2. The first-order valence-electron chi connectivity index (χ1n) is 6.08. The van der Waals surface area contributed by atoms with Crippen molar-refractivity contribution in [3.63, 3.8) is 0 Å². The van der Waals surface area contributed by atoms with Crippen molar-refractivity contribution in [2.24, 2.45) is 5.41 Å². The van der Waals surface area contributed by atoms with Crippen LogP contribution in [0.25, 0.3) is 0 Å². The average Bonchev–Trinajstić information content (AvgIpc) is 2.30. The summed E-state index contributed by atoms with van der Waals surface area (Å²) in [6, 6.07) is 6.33. The van der Waals surface area contributed by atoms with Gasteiger partial charge in [0.05, 0.1) is 10.7 Å². The SMILES string of the molecule is C[C@H](NC(=O)C(C)(C)C)C(=O)Nc1ccccc1Cl. The van der Waals surface area contributed by atoms with Crippen LogP contribution in [0.1, 0.15) is 27.7 Å². The Kier molecular flexibility index (Phi) is 4.95. The minimum atomic E-state index is -0.622. The molecule has 2 amide bonds. The van der Waals surface area contributed by atoms with E-state index in [4.69, 9.17) is 11.6 Å². The van der Waals surface area contributed by atoms with E-state index in [-0.39, 0.29) is 11.8 Å². The molecule has 0 aliphatic carbocycles. The number of para-hydroxylation sites is 1. The molecule has 19 heavy (non-hydrogen) atoms. The van der Waals surface area contributed by atoms with Gasteiger partial charge in [0.15, 0.2) is 0 Å². The third-order valence-corrected chi connectivity index (χ3v) is 2.88. The fourth-order valence-electron chi connectivity index (χ4n) is 1.28. The maximum absolute atomic E-state index is 11.9. The lowest BCUT2D eigenvalue weighted by atomic mass is 9.95. The van der Waals surface area contributed by atoms with E-state index < -0.39 is 11.5 Å². The molecule has 1 aromatic carbocycles. The van der Waals surface area contributed by atoms with Crippen molar-refractivity contribution in [1.29, 1.82) is 0 Å². The quantitative estimate of drug-likeness (QED) is 0.896. The molecule has 0 unspecified atom stereocenters. The van der Waals surface area contributed by atoms with Gasteiger partial charge in [0.25, 0.3) is 0 Å². The monoisotopic (exact) mass is 282 g/mol. The van der Waals surface area contributed by atoms with E-state index in [0.717, 1.165) is 0 Å². The average molecular weight is 283 g/mol. The third kappa shape index (κ3) is 4.56. The lowest BCUT2D eigenvalue weighted by molar-refractivity contribution is -0.131. The lowest BCUT2D eigenvalue weighted by Gasteiger charge is -2.21. The molecule has 0 aromatic heterocycles. The summed E-state index contributed by atoms with van der Waals surface area (Å²) in [6.07, 6.45) is 0. The molecular weight excluding hydrogens is 264 g/mol. The molecule has 0 heterocycles. The fraction of sp³-hybridized carbons (Fsp3) is 0.429. The van der Waals surface area contributed by atoms with E-state index in [1.807, 2.05) is 0 Å². The second-order valence-corrected chi connectivity index (χ2v) is 5.82. The Morgan fingerprint density at radius 3 is 2.32 bits per heavy atom. The molecule has 0 bridgehead atoms. The second-order valence-electron chi connectivity index (χ2n) is 5.41. The van der Waals surface area contributed by atoms with E-state index in [0.29, 0.717) is 10.7 Å². The van der Waals surface area contributed by atoms with Crippen LogP contribution in [0, 0.1) is 5.41 Å². The molecule has 0 radical (unpaired) electrons. The molecule has 0 saturated heterocycles. The molecule has 0 aliphatic heterocycles. The molecule has 1 atom stereocenters. The zero-order chi connectivity index (χ0) is 14.6. The van der Waals surface area contributed by atoms with Crippen molar-refractivity contribution >= 4 is 29.1 Å². The Morgan fingerprint density at radius 2 is 1.79 bits per heavy atom. The van der Waals surface area contributed by atoms with Crippen LogP contribution in [0.3, 0.4) is 0 Å². The van der Waals surface area contributed by atoms with Crippen LogP contribution in [-0.2, 0) is 9.59 Å². The first-order chi connectivity index (χ1) is 8.71. The van der Waals surface area contributed by atoms with Crippen molar-refractivity contribution in [3.05, 3.63) is 29.3 Å². The molecule has 5 heteroatoms. The van der Waals surface area contributed by atoms with Gasteiger partial charge in [-0.2, -0.15) is 0 Å². The zero-order valence-electron chi connectivity index (χ0n) is 11.6. The van der Waals surface area contributed by atoms with Crippen molar-refractivity contribution in [2.45, 2.75) is 33.7 Å². The standard InChI is InChI=1S/C14H19ClN2O2/c1-9(16-13(19)14(2,3)4)12(18)17-11-8-6-5-7-10(11)15/h5-9H,1-4H3,(H,16,19)(H,17,18)/t9-/m0/s1. The summed E-state index contributed by atoms with van der Waals surface area (Å²) in [5.74, 6) is -0.472. The van der Waals surface area contributed by atoms with Gasteiger partial charge in [0.1, 0.15) is 6.04 Å². The van der Waals surface area contributed by atoms with Crippen molar-refractivity contribution < 1.29 is 9.59 Å². The number of nitrogens with one attached hydrogen (secondary N) is 2. The highest BCUT2D eigenvalue weighted by Gasteiger charge is 2.25. The van der Waals surface area contributed by atoms with Crippen molar-refractivity contribution in [1.82, 2.24) is 5.32 Å². The molecule has 0 aliphatic rings. The molecule has 4 nitrogen and oxygen atoms in total.